The second kappa shape index (κ2) is 4.01. The molecule has 8 heteroatoms. The first-order chi connectivity index (χ1) is 7.66. The maximum atomic E-state index is 10.6. The van der Waals surface area contributed by atoms with E-state index in [0.717, 1.165) is 10.4 Å². The van der Waals surface area contributed by atoms with Crippen LogP contribution in [0, 0.1) is 6.92 Å². The molecule has 82 valence electrons. The third-order valence-corrected chi connectivity index (χ3v) is 1.83. The van der Waals surface area contributed by atoms with Gasteiger partial charge in [0.2, 0.25) is 5.82 Å². The minimum atomic E-state index is -1.02. The van der Waals surface area contributed by atoms with Gasteiger partial charge in [0, 0.05) is 6.20 Å². The van der Waals surface area contributed by atoms with Crippen molar-refractivity contribution in [2.45, 2.75) is 13.5 Å². The molecule has 0 radical (unpaired) electrons. The Morgan fingerprint density at radius 3 is 2.88 bits per heavy atom. The van der Waals surface area contributed by atoms with E-state index in [-0.39, 0.29) is 12.4 Å². The molecule has 0 aromatic carbocycles. The molecular formula is C8H8N6O2. The number of carbonyl (C=O) groups is 1. The normalized spacial score (nSPS) is 10.3. The maximum absolute atomic E-state index is 10.6. The lowest BCUT2D eigenvalue weighted by atomic mass is 10.4. The zero-order valence-corrected chi connectivity index (χ0v) is 8.40. The SMILES string of the molecule is Cc1cnc(-c2nnnn2CC(=O)O)cn1. The molecule has 0 aliphatic rings. The summed E-state index contributed by atoms with van der Waals surface area (Å²) in [5, 5.41) is 19.3. The third kappa shape index (κ3) is 2.00. The first-order valence-corrected chi connectivity index (χ1v) is 4.44. The monoisotopic (exact) mass is 220 g/mol. The van der Waals surface area contributed by atoms with Gasteiger partial charge >= 0.3 is 5.97 Å². The Morgan fingerprint density at radius 2 is 2.25 bits per heavy atom. The number of hydrogen-bond donors (Lipinski definition) is 1. The second-order valence-corrected chi connectivity index (χ2v) is 3.10. The van der Waals surface area contributed by atoms with Crippen LogP contribution >= 0.6 is 0 Å². The minimum absolute atomic E-state index is 0.287. The molecule has 2 heterocycles. The van der Waals surface area contributed by atoms with Gasteiger partial charge in [-0.25, -0.2) is 9.67 Å². The lowest BCUT2D eigenvalue weighted by Gasteiger charge is -2.00. The number of tetrazole rings is 1. The molecule has 0 saturated carbocycles. The van der Waals surface area contributed by atoms with Crippen LogP contribution in [0.2, 0.25) is 0 Å². The highest BCUT2D eigenvalue weighted by atomic mass is 16.4. The van der Waals surface area contributed by atoms with Crippen LogP contribution in [0.3, 0.4) is 0 Å². The Bertz CT molecular complexity index is 506. The van der Waals surface area contributed by atoms with Crippen LogP contribution in [0.1, 0.15) is 5.69 Å². The first-order valence-electron chi connectivity index (χ1n) is 4.44. The lowest BCUT2D eigenvalue weighted by Crippen LogP contribution is -2.12. The van der Waals surface area contributed by atoms with Crippen LogP contribution in [-0.4, -0.2) is 41.3 Å². The molecule has 2 rings (SSSR count). The summed E-state index contributed by atoms with van der Waals surface area (Å²) in [4.78, 5) is 18.7. The van der Waals surface area contributed by atoms with Gasteiger partial charge in [-0.05, 0) is 17.4 Å². The van der Waals surface area contributed by atoms with Gasteiger partial charge < -0.3 is 5.11 Å². The third-order valence-electron chi connectivity index (χ3n) is 1.83. The summed E-state index contributed by atoms with van der Waals surface area (Å²) < 4.78 is 1.15. The van der Waals surface area contributed by atoms with Crippen LogP contribution in [0.5, 0.6) is 0 Å². The van der Waals surface area contributed by atoms with Crippen molar-refractivity contribution < 1.29 is 9.90 Å². The number of aliphatic carboxylic acids is 1. The Hall–Kier alpha value is -2.38. The molecule has 0 bridgehead atoms. The highest BCUT2D eigenvalue weighted by Crippen LogP contribution is 2.10. The molecule has 0 saturated heterocycles. The zero-order valence-electron chi connectivity index (χ0n) is 8.40. The molecule has 0 aliphatic carbocycles. The van der Waals surface area contributed by atoms with E-state index >= 15 is 0 Å². The summed E-state index contributed by atoms with van der Waals surface area (Å²) in [7, 11) is 0. The summed E-state index contributed by atoms with van der Waals surface area (Å²) in [6, 6.07) is 0. The van der Waals surface area contributed by atoms with Gasteiger partial charge in [-0.3, -0.25) is 9.78 Å². The highest BCUT2D eigenvalue weighted by molar-refractivity contribution is 5.67. The number of carboxylic acids is 1. The van der Waals surface area contributed by atoms with Gasteiger partial charge in [-0.1, -0.05) is 0 Å². The van der Waals surface area contributed by atoms with Crippen molar-refractivity contribution in [3.8, 4) is 11.5 Å². The van der Waals surface area contributed by atoms with Crippen molar-refractivity contribution >= 4 is 5.97 Å². The Morgan fingerprint density at radius 1 is 1.44 bits per heavy atom. The Kier molecular flexibility index (Phi) is 2.54. The van der Waals surface area contributed by atoms with Crippen LogP contribution in [0.25, 0.3) is 11.5 Å². The molecule has 0 aliphatic heterocycles. The number of aryl methyl sites for hydroxylation is 1. The molecule has 2 aromatic heterocycles. The van der Waals surface area contributed by atoms with E-state index < -0.39 is 5.97 Å². The fraction of sp³-hybridized carbons (Fsp3) is 0.250. The smallest absolute Gasteiger partial charge is 0.325 e. The fourth-order valence-corrected chi connectivity index (χ4v) is 1.13. The molecule has 0 atom stereocenters. The van der Waals surface area contributed by atoms with E-state index in [1.54, 1.807) is 13.1 Å². The van der Waals surface area contributed by atoms with Crippen LogP contribution in [0.4, 0.5) is 0 Å². The van der Waals surface area contributed by atoms with Crippen molar-refractivity contribution in [3.63, 3.8) is 0 Å². The fourth-order valence-electron chi connectivity index (χ4n) is 1.13. The molecule has 0 unspecified atom stereocenters. The standard InChI is InChI=1S/C8H8N6O2/c1-5-2-10-6(3-9-5)8-11-12-13-14(8)4-7(15)16/h2-3H,4H2,1H3,(H,15,16). The zero-order chi connectivity index (χ0) is 11.5. The molecule has 0 fully saturated rings. The van der Waals surface area contributed by atoms with Gasteiger partial charge in [0.25, 0.3) is 0 Å². The molecule has 1 N–H and O–H groups in total. The van der Waals surface area contributed by atoms with E-state index in [1.165, 1.54) is 6.20 Å². The van der Waals surface area contributed by atoms with Gasteiger partial charge in [-0.15, -0.1) is 5.10 Å². The van der Waals surface area contributed by atoms with E-state index in [4.69, 9.17) is 5.11 Å². The van der Waals surface area contributed by atoms with Crippen molar-refractivity contribution in [2.24, 2.45) is 0 Å². The molecule has 16 heavy (non-hydrogen) atoms. The van der Waals surface area contributed by atoms with Gasteiger partial charge in [0.1, 0.15) is 12.2 Å². The maximum Gasteiger partial charge on any atom is 0.325 e. The summed E-state index contributed by atoms with van der Waals surface area (Å²) in [6.45, 7) is 1.49. The van der Waals surface area contributed by atoms with E-state index in [2.05, 4.69) is 25.5 Å². The largest absolute Gasteiger partial charge is 0.480 e. The molecule has 0 spiro atoms. The lowest BCUT2D eigenvalue weighted by molar-refractivity contribution is -0.137. The van der Waals surface area contributed by atoms with Crippen molar-refractivity contribution in [1.82, 2.24) is 30.2 Å². The summed E-state index contributed by atoms with van der Waals surface area (Å²) in [6.07, 6.45) is 3.06. The van der Waals surface area contributed by atoms with E-state index in [9.17, 15) is 4.79 Å². The second-order valence-electron chi connectivity index (χ2n) is 3.10. The average Bonchev–Trinajstić information content (AvgIpc) is 2.66. The number of nitrogens with zero attached hydrogens (tertiary/aromatic N) is 6. The topological polar surface area (TPSA) is 107 Å². The predicted octanol–water partition coefficient (Wildman–Crippen LogP) is -0.477. The van der Waals surface area contributed by atoms with Crippen molar-refractivity contribution in [3.05, 3.63) is 18.1 Å². The van der Waals surface area contributed by atoms with Crippen LogP contribution < -0.4 is 0 Å². The first kappa shape index (κ1) is 10.1. The quantitative estimate of drug-likeness (QED) is 0.744. The number of hydrogen-bond acceptors (Lipinski definition) is 6. The average molecular weight is 220 g/mol. The summed E-state index contributed by atoms with van der Waals surface area (Å²) in [5.74, 6) is -0.733. The van der Waals surface area contributed by atoms with Gasteiger partial charge in [-0.2, -0.15) is 0 Å². The van der Waals surface area contributed by atoms with Crippen molar-refractivity contribution in [2.75, 3.05) is 0 Å². The van der Waals surface area contributed by atoms with E-state index in [1.807, 2.05) is 0 Å². The predicted molar refractivity (Wildman–Crippen MR) is 51.2 cm³/mol. The van der Waals surface area contributed by atoms with E-state index in [0.29, 0.717) is 5.69 Å². The Labute approximate surface area is 90.0 Å². The number of carboxylic acid groups (broad SMARTS) is 1. The number of rotatable bonds is 3. The van der Waals surface area contributed by atoms with Crippen LogP contribution in [-0.2, 0) is 11.3 Å². The summed E-state index contributed by atoms with van der Waals surface area (Å²) >= 11 is 0. The van der Waals surface area contributed by atoms with Crippen molar-refractivity contribution in [1.29, 1.82) is 0 Å². The molecule has 2 aromatic rings. The molecule has 0 amide bonds. The van der Waals surface area contributed by atoms with Crippen LogP contribution in [0.15, 0.2) is 12.4 Å². The Balaban J connectivity index is 2.36. The molecule has 8 nitrogen and oxygen atoms in total. The summed E-state index contributed by atoms with van der Waals surface area (Å²) in [5.41, 5.74) is 1.21. The molecular weight excluding hydrogens is 212 g/mol. The minimum Gasteiger partial charge on any atom is -0.480 e. The highest BCUT2D eigenvalue weighted by Gasteiger charge is 2.12. The number of aromatic nitrogens is 6. The van der Waals surface area contributed by atoms with Gasteiger partial charge in [0.05, 0.1) is 11.9 Å². The van der Waals surface area contributed by atoms with Gasteiger partial charge in [0.15, 0.2) is 0 Å².